The van der Waals surface area contributed by atoms with Crippen molar-refractivity contribution in [3.05, 3.63) is 18.0 Å². The monoisotopic (exact) mass is 236 g/mol. The van der Waals surface area contributed by atoms with E-state index >= 15 is 0 Å². The van der Waals surface area contributed by atoms with Crippen molar-refractivity contribution in [1.82, 2.24) is 14.7 Å². The van der Waals surface area contributed by atoms with E-state index in [1.165, 1.54) is 0 Å². The van der Waals surface area contributed by atoms with E-state index in [0.717, 1.165) is 5.69 Å². The molecule has 0 aromatic carbocycles. The highest BCUT2D eigenvalue weighted by Gasteiger charge is 2.39. The second-order valence-corrected chi connectivity index (χ2v) is 4.38. The maximum absolute atomic E-state index is 11.7. The van der Waals surface area contributed by atoms with Crippen LogP contribution in [0.2, 0.25) is 0 Å². The normalized spacial score (nSPS) is 25.1. The van der Waals surface area contributed by atoms with Crippen LogP contribution < -0.4 is 5.73 Å². The topological polar surface area (TPSA) is 81.2 Å². The second-order valence-electron chi connectivity index (χ2n) is 4.38. The van der Waals surface area contributed by atoms with E-state index in [1.54, 1.807) is 29.9 Å². The summed E-state index contributed by atoms with van der Waals surface area (Å²) in [5, 5.41) is 4.07. The van der Waals surface area contributed by atoms with E-state index in [2.05, 4.69) is 5.10 Å². The molecular weight excluding hydrogens is 220 g/mol. The van der Waals surface area contributed by atoms with Gasteiger partial charge in [0.2, 0.25) is 11.8 Å². The summed E-state index contributed by atoms with van der Waals surface area (Å²) in [7, 11) is 3.50. The fourth-order valence-corrected chi connectivity index (χ4v) is 2.41. The van der Waals surface area contributed by atoms with Crippen LogP contribution in [-0.2, 0) is 16.6 Å². The zero-order chi connectivity index (χ0) is 12.6. The maximum Gasteiger partial charge on any atom is 0.223 e. The van der Waals surface area contributed by atoms with Crippen LogP contribution in [0.1, 0.15) is 24.6 Å². The Bertz CT molecular complexity index is 454. The van der Waals surface area contributed by atoms with Crippen LogP contribution in [0.4, 0.5) is 0 Å². The van der Waals surface area contributed by atoms with Crippen LogP contribution in [-0.4, -0.2) is 33.5 Å². The molecule has 0 aliphatic carbocycles. The van der Waals surface area contributed by atoms with Gasteiger partial charge >= 0.3 is 0 Å². The number of hydrogen-bond acceptors (Lipinski definition) is 3. The predicted octanol–water partition coefficient (Wildman–Crippen LogP) is -0.185. The molecule has 17 heavy (non-hydrogen) atoms. The number of nitrogens with two attached hydrogens (primary N) is 1. The van der Waals surface area contributed by atoms with Crippen molar-refractivity contribution >= 4 is 11.8 Å². The molecule has 6 nitrogen and oxygen atoms in total. The first-order chi connectivity index (χ1) is 8.02. The molecule has 1 fully saturated rings. The van der Waals surface area contributed by atoms with Crippen LogP contribution >= 0.6 is 0 Å². The lowest BCUT2D eigenvalue weighted by molar-refractivity contribution is -0.140. The molecule has 6 heteroatoms. The Morgan fingerprint density at radius 2 is 2.24 bits per heavy atom. The average Bonchev–Trinajstić information content (AvgIpc) is 2.68. The zero-order valence-electron chi connectivity index (χ0n) is 9.96. The third-order valence-corrected chi connectivity index (χ3v) is 3.39. The van der Waals surface area contributed by atoms with Crippen molar-refractivity contribution in [3.63, 3.8) is 0 Å². The summed E-state index contributed by atoms with van der Waals surface area (Å²) < 4.78 is 1.68. The number of carbonyl (C=O) groups is 2. The Hall–Kier alpha value is -1.85. The molecule has 0 radical (unpaired) electrons. The van der Waals surface area contributed by atoms with Gasteiger partial charge in [0.05, 0.1) is 17.7 Å². The quantitative estimate of drug-likeness (QED) is 0.773. The summed E-state index contributed by atoms with van der Waals surface area (Å²) in [6, 6.07) is 1.51. The fourth-order valence-electron chi connectivity index (χ4n) is 2.41. The summed E-state index contributed by atoms with van der Waals surface area (Å²) in [5.74, 6) is -0.669. The summed E-state index contributed by atoms with van der Waals surface area (Å²) >= 11 is 0. The second kappa shape index (κ2) is 4.20. The highest BCUT2D eigenvalue weighted by Crippen LogP contribution is 2.34. The van der Waals surface area contributed by atoms with Gasteiger partial charge in [-0.2, -0.15) is 5.10 Å². The molecule has 2 N–H and O–H groups in total. The van der Waals surface area contributed by atoms with Crippen molar-refractivity contribution in [2.24, 2.45) is 18.7 Å². The molecule has 0 bridgehead atoms. The summed E-state index contributed by atoms with van der Waals surface area (Å²) in [5.41, 5.74) is 6.25. The lowest BCUT2D eigenvalue weighted by atomic mass is 9.86. The first kappa shape index (κ1) is 11.6. The molecule has 1 saturated heterocycles. The Balaban J connectivity index is 2.40. The number of rotatable bonds is 2. The maximum atomic E-state index is 11.7. The van der Waals surface area contributed by atoms with E-state index in [9.17, 15) is 9.59 Å². The first-order valence-corrected chi connectivity index (χ1v) is 5.55. The Morgan fingerprint density at radius 1 is 1.53 bits per heavy atom. The van der Waals surface area contributed by atoms with Crippen LogP contribution in [0.5, 0.6) is 0 Å². The number of hydrogen-bond donors (Lipinski definition) is 1. The number of nitrogens with zero attached hydrogens (tertiary/aromatic N) is 3. The number of piperidine rings is 1. The number of primary amides is 1. The van der Waals surface area contributed by atoms with Gasteiger partial charge in [-0.3, -0.25) is 14.3 Å². The van der Waals surface area contributed by atoms with Crippen LogP contribution in [0.25, 0.3) is 0 Å². The van der Waals surface area contributed by atoms with Crippen molar-refractivity contribution in [2.75, 3.05) is 7.05 Å². The zero-order valence-corrected chi connectivity index (χ0v) is 9.96. The standard InChI is InChI=1S/C11H16N4O2/c1-14-9(16)4-3-7(11(12)17)10(14)8-5-6-13-15(8)2/h5-7,10H,3-4H2,1-2H3,(H2,12,17)/t7-,10+/m0/s1. The number of carbonyl (C=O) groups excluding carboxylic acids is 2. The van der Waals surface area contributed by atoms with E-state index in [4.69, 9.17) is 5.73 Å². The van der Waals surface area contributed by atoms with E-state index in [1.807, 2.05) is 6.07 Å². The molecule has 1 aliphatic heterocycles. The Kier molecular flexibility index (Phi) is 2.87. The fraction of sp³-hybridized carbons (Fsp3) is 0.545. The lowest BCUT2D eigenvalue weighted by Gasteiger charge is -2.37. The first-order valence-electron chi connectivity index (χ1n) is 5.55. The molecule has 92 valence electrons. The van der Waals surface area contributed by atoms with Gasteiger partial charge in [0.15, 0.2) is 0 Å². The van der Waals surface area contributed by atoms with Gasteiger partial charge in [-0.1, -0.05) is 0 Å². The SMILES string of the molecule is CN1C(=O)CC[C@H](C(N)=O)[C@@H]1c1ccnn1C. The molecular formula is C11H16N4O2. The molecule has 0 saturated carbocycles. The summed E-state index contributed by atoms with van der Waals surface area (Å²) in [6.45, 7) is 0. The molecule has 1 aromatic heterocycles. The van der Waals surface area contributed by atoms with Gasteiger partial charge in [0.1, 0.15) is 0 Å². The van der Waals surface area contributed by atoms with Gasteiger partial charge in [-0.25, -0.2) is 0 Å². The molecule has 1 aromatic rings. The van der Waals surface area contributed by atoms with Gasteiger partial charge in [-0.15, -0.1) is 0 Å². The predicted molar refractivity (Wildman–Crippen MR) is 60.6 cm³/mol. The minimum Gasteiger partial charge on any atom is -0.369 e. The van der Waals surface area contributed by atoms with Crippen LogP contribution in [0.3, 0.4) is 0 Å². The van der Waals surface area contributed by atoms with Crippen molar-refractivity contribution in [2.45, 2.75) is 18.9 Å². The highest BCUT2D eigenvalue weighted by atomic mass is 16.2. The van der Waals surface area contributed by atoms with Crippen molar-refractivity contribution in [3.8, 4) is 0 Å². The molecule has 0 spiro atoms. The lowest BCUT2D eigenvalue weighted by Crippen LogP contribution is -2.45. The number of likely N-dealkylation sites (tertiary alicyclic amines) is 1. The van der Waals surface area contributed by atoms with Crippen LogP contribution in [0.15, 0.2) is 12.3 Å². The Morgan fingerprint density at radius 3 is 2.76 bits per heavy atom. The van der Waals surface area contributed by atoms with Gasteiger partial charge in [-0.05, 0) is 12.5 Å². The molecule has 2 atom stereocenters. The summed E-state index contributed by atoms with van der Waals surface area (Å²) in [6.07, 6.45) is 2.53. The number of aryl methyl sites for hydroxylation is 1. The van der Waals surface area contributed by atoms with Crippen molar-refractivity contribution in [1.29, 1.82) is 0 Å². The third kappa shape index (κ3) is 1.90. The van der Waals surface area contributed by atoms with Gasteiger partial charge in [0.25, 0.3) is 0 Å². The third-order valence-electron chi connectivity index (χ3n) is 3.39. The molecule has 2 rings (SSSR count). The highest BCUT2D eigenvalue weighted by molar-refractivity contribution is 5.83. The van der Waals surface area contributed by atoms with E-state index in [0.29, 0.717) is 12.8 Å². The largest absolute Gasteiger partial charge is 0.369 e. The van der Waals surface area contributed by atoms with Gasteiger partial charge < -0.3 is 10.6 Å². The Labute approximate surface area is 99.4 Å². The minimum absolute atomic E-state index is 0.0358. The number of amides is 2. The number of aromatic nitrogens is 2. The van der Waals surface area contributed by atoms with Crippen LogP contribution in [0, 0.1) is 5.92 Å². The minimum atomic E-state index is -0.365. The molecule has 2 heterocycles. The molecule has 0 unspecified atom stereocenters. The average molecular weight is 236 g/mol. The summed E-state index contributed by atoms with van der Waals surface area (Å²) in [4.78, 5) is 24.8. The molecule has 2 amide bonds. The molecule has 1 aliphatic rings. The van der Waals surface area contributed by atoms with Gasteiger partial charge in [0, 0.05) is 26.7 Å². The van der Waals surface area contributed by atoms with E-state index < -0.39 is 0 Å². The smallest absolute Gasteiger partial charge is 0.223 e. The van der Waals surface area contributed by atoms with E-state index in [-0.39, 0.29) is 23.8 Å². The van der Waals surface area contributed by atoms with Crippen molar-refractivity contribution < 1.29 is 9.59 Å².